The van der Waals surface area contributed by atoms with Crippen molar-refractivity contribution in [1.82, 2.24) is 9.55 Å². The van der Waals surface area contributed by atoms with E-state index < -0.39 is 0 Å². The van der Waals surface area contributed by atoms with Gasteiger partial charge in [0.1, 0.15) is 17.9 Å². The third-order valence-corrected chi connectivity index (χ3v) is 3.76. The van der Waals surface area contributed by atoms with Crippen LogP contribution in [0.1, 0.15) is 31.0 Å². The first-order chi connectivity index (χ1) is 9.65. The average Bonchev–Trinajstić information content (AvgIpc) is 2.82. The molecule has 0 amide bonds. The lowest BCUT2D eigenvalue weighted by atomic mass is 10.1. The molecule has 0 saturated carbocycles. The van der Waals surface area contributed by atoms with Gasteiger partial charge in [0.2, 0.25) is 5.95 Å². The standard InChI is InChI=1S/C15H20N4O/c1-4-5-11-8-20-13-7-10(9(2)16)6-12-14(13)19(11)15(17-3)18-12/h4,6-7,9,11H,1,5,8,16H2,2-3H3,(H,17,18). The molecule has 1 aromatic carbocycles. The van der Waals surface area contributed by atoms with Gasteiger partial charge in [-0.3, -0.25) is 0 Å². The number of allylic oxidation sites excluding steroid dienone is 1. The van der Waals surface area contributed by atoms with Crippen molar-refractivity contribution >= 4 is 17.0 Å². The Balaban J connectivity index is 2.25. The molecule has 3 rings (SSSR count). The second-order valence-electron chi connectivity index (χ2n) is 5.22. The molecular weight excluding hydrogens is 252 g/mol. The van der Waals surface area contributed by atoms with E-state index in [1.165, 1.54) is 0 Å². The number of ether oxygens (including phenoxy) is 1. The first-order valence-corrected chi connectivity index (χ1v) is 6.88. The number of benzene rings is 1. The van der Waals surface area contributed by atoms with Crippen molar-refractivity contribution in [2.24, 2.45) is 5.73 Å². The minimum atomic E-state index is -0.0339. The van der Waals surface area contributed by atoms with Crippen LogP contribution in [-0.2, 0) is 0 Å². The SMILES string of the molecule is C=CCC1COc2cc(C(C)N)cc3nc(NC)n1c23. The van der Waals surface area contributed by atoms with Gasteiger partial charge in [-0.2, -0.15) is 0 Å². The molecule has 106 valence electrons. The molecule has 0 aliphatic carbocycles. The van der Waals surface area contributed by atoms with Crippen LogP contribution in [0.5, 0.6) is 5.75 Å². The second-order valence-corrected chi connectivity index (χ2v) is 5.22. The van der Waals surface area contributed by atoms with Gasteiger partial charge >= 0.3 is 0 Å². The van der Waals surface area contributed by atoms with Crippen molar-refractivity contribution in [2.45, 2.75) is 25.4 Å². The Bertz CT molecular complexity index is 659. The van der Waals surface area contributed by atoms with Crippen LogP contribution in [0.4, 0.5) is 5.95 Å². The molecule has 0 saturated heterocycles. The van der Waals surface area contributed by atoms with E-state index in [-0.39, 0.29) is 12.1 Å². The molecule has 0 spiro atoms. The lowest BCUT2D eigenvalue weighted by molar-refractivity contribution is 0.239. The molecule has 1 aliphatic rings. The second kappa shape index (κ2) is 4.83. The molecule has 3 N–H and O–H groups in total. The molecular formula is C15H20N4O. The number of anilines is 1. The van der Waals surface area contributed by atoms with Crippen molar-refractivity contribution in [3.63, 3.8) is 0 Å². The Morgan fingerprint density at radius 3 is 3.10 bits per heavy atom. The van der Waals surface area contributed by atoms with Gasteiger partial charge in [0, 0.05) is 13.1 Å². The summed E-state index contributed by atoms with van der Waals surface area (Å²) in [6, 6.07) is 4.26. The van der Waals surface area contributed by atoms with E-state index in [0.29, 0.717) is 6.61 Å². The van der Waals surface area contributed by atoms with Crippen molar-refractivity contribution in [3.8, 4) is 5.75 Å². The molecule has 2 atom stereocenters. The Morgan fingerprint density at radius 1 is 1.65 bits per heavy atom. The van der Waals surface area contributed by atoms with Crippen LogP contribution >= 0.6 is 0 Å². The zero-order valence-electron chi connectivity index (χ0n) is 11.9. The van der Waals surface area contributed by atoms with Crippen LogP contribution in [0.3, 0.4) is 0 Å². The van der Waals surface area contributed by atoms with Gasteiger partial charge in [-0.15, -0.1) is 6.58 Å². The molecule has 0 fully saturated rings. The average molecular weight is 272 g/mol. The zero-order chi connectivity index (χ0) is 14.3. The monoisotopic (exact) mass is 272 g/mol. The van der Waals surface area contributed by atoms with E-state index in [1.807, 2.05) is 32.2 Å². The van der Waals surface area contributed by atoms with Crippen molar-refractivity contribution in [2.75, 3.05) is 19.0 Å². The number of aromatic nitrogens is 2. The van der Waals surface area contributed by atoms with Crippen LogP contribution in [-0.4, -0.2) is 23.2 Å². The van der Waals surface area contributed by atoms with E-state index in [9.17, 15) is 0 Å². The number of rotatable bonds is 4. The highest BCUT2D eigenvalue weighted by Gasteiger charge is 2.26. The van der Waals surface area contributed by atoms with Gasteiger partial charge < -0.3 is 20.4 Å². The van der Waals surface area contributed by atoms with Gasteiger partial charge in [0.15, 0.2) is 0 Å². The lowest BCUT2D eigenvalue weighted by Gasteiger charge is -2.26. The highest BCUT2D eigenvalue weighted by Crippen LogP contribution is 2.38. The van der Waals surface area contributed by atoms with E-state index in [4.69, 9.17) is 10.5 Å². The number of nitrogens with two attached hydrogens (primary N) is 1. The van der Waals surface area contributed by atoms with Crippen LogP contribution in [0.25, 0.3) is 11.0 Å². The Morgan fingerprint density at radius 2 is 2.45 bits per heavy atom. The van der Waals surface area contributed by atoms with Crippen LogP contribution < -0.4 is 15.8 Å². The summed E-state index contributed by atoms with van der Waals surface area (Å²) in [6.45, 7) is 6.42. The number of nitrogens with one attached hydrogen (secondary N) is 1. The van der Waals surface area contributed by atoms with E-state index >= 15 is 0 Å². The van der Waals surface area contributed by atoms with Gasteiger partial charge in [-0.05, 0) is 31.0 Å². The predicted molar refractivity (Wildman–Crippen MR) is 81.2 cm³/mol. The highest BCUT2D eigenvalue weighted by molar-refractivity contribution is 5.86. The topological polar surface area (TPSA) is 65.1 Å². The fourth-order valence-electron chi connectivity index (χ4n) is 2.75. The number of nitrogens with zero attached hydrogens (tertiary/aromatic N) is 2. The van der Waals surface area contributed by atoms with Gasteiger partial charge in [-0.25, -0.2) is 4.98 Å². The summed E-state index contributed by atoms with van der Waals surface area (Å²) in [4.78, 5) is 4.66. The molecule has 1 aliphatic heterocycles. The molecule has 2 aromatic rings. The molecule has 0 radical (unpaired) electrons. The summed E-state index contributed by atoms with van der Waals surface area (Å²) >= 11 is 0. The molecule has 20 heavy (non-hydrogen) atoms. The maximum Gasteiger partial charge on any atom is 0.204 e. The zero-order valence-corrected chi connectivity index (χ0v) is 11.9. The molecule has 2 unspecified atom stereocenters. The summed E-state index contributed by atoms with van der Waals surface area (Å²) in [7, 11) is 1.89. The van der Waals surface area contributed by atoms with Crippen molar-refractivity contribution < 1.29 is 4.74 Å². The maximum atomic E-state index is 5.98. The third kappa shape index (κ3) is 1.86. The fourth-order valence-corrected chi connectivity index (χ4v) is 2.75. The third-order valence-electron chi connectivity index (χ3n) is 3.76. The number of hydrogen-bond acceptors (Lipinski definition) is 4. The Kier molecular flexibility index (Phi) is 3.14. The molecule has 0 bridgehead atoms. The van der Waals surface area contributed by atoms with Crippen LogP contribution in [0, 0.1) is 0 Å². The molecule has 1 aromatic heterocycles. The maximum absolute atomic E-state index is 5.98. The Hall–Kier alpha value is -2.01. The smallest absolute Gasteiger partial charge is 0.204 e. The molecule has 5 heteroatoms. The minimum absolute atomic E-state index is 0.0339. The molecule has 5 nitrogen and oxygen atoms in total. The molecule has 2 heterocycles. The highest BCUT2D eigenvalue weighted by atomic mass is 16.5. The normalized spacial score (nSPS) is 18.6. The van der Waals surface area contributed by atoms with Gasteiger partial charge in [0.25, 0.3) is 0 Å². The summed E-state index contributed by atoms with van der Waals surface area (Å²) in [5.74, 6) is 1.72. The van der Waals surface area contributed by atoms with Crippen molar-refractivity contribution in [3.05, 3.63) is 30.4 Å². The predicted octanol–water partition coefficient (Wildman–Crippen LogP) is 2.61. The van der Waals surface area contributed by atoms with Gasteiger partial charge in [0.05, 0.1) is 11.6 Å². The summed E-state index contributed by atoms with van der Waals surface area (Å²) in [5.41, 5.74) is 8.99. The number of hydrogen-bond donors (Lipinski definition) is 2. The van der Waals surface area contributed by atoms with E-state index in [2.05, 4.69) is 21.4 Å². The van der Waals surface area contributed by atoms with E-state index in [0.717, 1.165) is 34.7 Å². The Labute approximate surface area is 118 Å². The van der Waals surface area contributed by atoms with Crippen molar-refractivity contribution in [1.29, 1.82) is 0 Å². The van der Waals surface area contributed by atoms with Gasteiger partial charge in [-0.1, -0.05) is 6.08 Å². The summed E-state index contributed by atoms with van der Waals surface area (Å²) in [5, 5.41) is 3.16. The number of imidazole rings is 1. The van der Waals surface area contributed by atoms with E-state index in [1.54, 1.807) is 0 Å². The first kappa shape index (κ1) is 13.0. The van der Waals surface area contributed by atoms with Crippen LogP contribution in [0.2, 0.25) is 0 Å². The first-order valence-electron chi connectivity index (χ1n) is 6.88. The largest absolute Gasteiger partial charge is 0.489 e. The lowest BCUT2D eigenvalue weighted by Crippen LogP contribution is -2.23. The summed E-state index contributed by atoms with van der Waals surface area (Å²) < 4.78 is 8.13. The summed E-state index contributed by atoms with van der Waals surface area (Å²) in [6.07, 6.45) is 2.77. The quantitative estimate of drug-likeness (QED) is 0.840. The minimum Gasteiger partial charge on any atom is -0.489 e. The fraction of sp³-hybridized carbons (Fsp3) is 0.400. The van der Waals surface area contributed by atoms with Crippen LogP contribution in [0.15, 0.2) is 24.8 Å².